The molecule has 0 aliphatic heterocycles. The maximum atomic E-state index is 14.0. The molecule has 3 rings (SSSR count). The van der Waals surface area contributed by atoms with Gasteiger partial charge in [-0.3, -0.25) is 14.5 Å². The van der Waals surface area contributed by atoms with Gasteiger partial charge in [0.2, 0.25) is 10.0 Å². The molecule has 1 aromatic heterocycles. The first-order chi connectivity index (χ1) is 12.8. The zero-order valence-corrected chi connectivity index (χ0v) is 15.9. The van der Waals surface area contributed by atoms with Crippen LogP contribution in [0, 0.1) is 10.6 Å². The van der Waals surface area contributed by atoms with E-state index in [1.807, 2.05) is 4.57 Å². The second-order valence-corrected chi connectivity index (χ2v) is 8.14. The molecule has 0 saturated heterocycles. The highest BCUT2D eigenvalue weighted by molar-refractivity contribution is 7.89. The van der Waals surface area contributed by atoms with Gasteiger partial charge in [-0.1, -0.05) is 6.08 Å². The van der Waals surface area contributed by atoms with Gasteiger partial charge in [-0.25, -0.2) is 17.5 Å². The Hall–Kier alpha value is -2.37. The molecule has 11 heteroatoms. The summed E-state index contributed by atoms with van der Waals surface area (Å²) < 4.78 is 42.7. The van der Waals surface area contributed by atoms with Gasteiger partial charge >= 0.3 is 0 Å². The van der Waals surface area contributed by atoms with Crippen LogP contribution in [0.3, 0.4) is 0 Å². The van der Waals surface area contributed by atoms with Gasteiger partial charge in [0.25, 0.3) is 5.91 Å². The second-order valence-electron chi connectivity index (χ2n) is 6.01. The second kappa shape index (κ2) is 7.71. The van der Waals surface area contributed by atoms with Crippen molar-refractivity contribution in [3.05, 3.63) is 52.8 Å². The topological polar surface area (TPSA) is 109 Å². The van der Waals surface area contributed by atoms with Crippen LogP contribution in [0.1, 0.15) is 35.1 Å². The van der Waals surface area contributed by atoms with Crippen molar-refractivity contribution in [3.63, 3.8) is 0 Å². The Kier molecular flexibility index (Phi) is 5.53. The number of hydrogen-bond acceptors (Lipinski definition) is 5. The summed E-state index contributed by atoms with van der Waals surface area (Å²) in [6.45, 7) is 3.46. The molecule has 0 radical (unpaired) electrons. The number of halogens is 1. The molecule has 1 fully saturated rings. The average molecular weight is 411 g/mol. The van der Waals surface area contributed by atoms with Gasteiger partial charge in [0.05, 0.1) is 6.54 Å². The quantitative estimate of drug-likeness (QED) is 0.453. The van der Waals surface area contributed by atoms with E-state index in [0.29, 0.717) is 16.6 Å². The molecule has 0 spiro atoms. The summed E-state index contributed by atoms with van der Waals surface area (Å²) in [7, 11) is -4.09. The lowest BCUT2D eigenvalue weighted by Gasteiger charge is -2.10. The van der Waals surface area contributed by atoms with Crippen LogP contribution in [0.5, 0.6) is 0 Å². The summed E-state index contributed by atoms with van der Waals surface area (Å²) in [5, 5.41) is 9.45. The number of carbonyl (C=O) groups excluding carboxylic acids is 1. The van der Waals surface area contributed by atoms with E-state index in [0.717, 1.165) is 25.0 Å². The monoisotopic (exact) mass is 411 g/mol. The molecular weight excluding hydrogens is 393 g/mol. The molecule has 8 nitrogen and oxygen atoms in total. The fraction of sp³-hybridized carbons (Fsp3) is 0.312. The van der Waals surface area contributed by atoms with Gasteiger partial charge in [-0.2, -0.15) is 5.10 Å². The van der Waals surface area contributed by atoms with Crippen molar-refractivity contribution in [1.29, 1.82) is 0 Å². The van der Waals surface area contributed by atoms with Crippen LogP contribution in [0.2, 0.25) is 0 Å². The van der Waals surface area contributed by atoms with E-state index in [9.17, 15) is 17.6 Å². The number of aromatic nitrogens is 3. The van der Waals surface area contributed by atoms with Crippen LogP contribution < -0.4 is 10.0 Å². The Morgan fingerprint density at radius 1 is 1.48 bits per heavy atom. The smallest absolute Gasteiger partial charge is 0.251 e. The van der Waals surface area contributed by atoms with E-state index in [2.05, 4.69) is 26.8 Å². The van der Waals surface area contributed by atoms with Gasteiger partial charge in [0.1, 0.15) is 10.7 Å². The summed E-state index contributed by atoms with van der Waals surface area (Å²) in [6.07, 6.45) is 3.34. The SMILES string of the molecule is C=CCNS(=O)(=O)c1cc(C(=O)NCc2n[nH]c(=S)n2C2CC2)ccc1F. The van der Waals surface area contributed by atoms with Crippen LogP contribution in [0.25, 0.3) is 0 Å². The first-order valence-electron chi connectivity index (χ1n) is 8.17. The fourth-order valence-electron chi connectivity index (χ4n) is 2.53. The van der Waals surface area contributed by atoms with Crippen molar-refractivity contribution in [1.82, 2.24) is 24.8 Å². The molecule has 1 aliphatic carbocycles. The highest BCUT2D eigenvalue weighted by atomic mass is 32.2. The summed E-state index contributed by atoms with van der Waals surface area (Å²) in [5.41, 5.74) is 0.0162. The van der Waals surface area contributed by atoms with E-state index in [-0.39, 0.29) is 18.7 Å². The molecule has 27 heavy (non-hydrogen) atoms. The first-order valence-corrected chi connectivity index (χ1v) is 10.1. The summed E-state index contributed by atoms with van der Waals surface area (Å²) in [6, 6.07) is 3.45. The van der Waals surface area contributed by atoms with Crippen molar-refractivity contribution in [3.8, 4) is 0 Å². The predicted octanol–water partition coefficient (Wildman–Crippen LogP) is 1.81. The van der Waals surface area contributed by atoms with E-state index >= 15 is 0 Å². The number of carbonyl (C=O) groups is 1. The maximum absolute atomic E-state index is 14.0. The van der Waals surface area contributed by atoms with Crippen molar-refractivity contribution >= 4 is 28.1 Å². The Bertz CT molecular complexity index is 1040. The number of nitrogens with zero attached hydrogens (tertiary/aromatic N) is 2. The average Bonchev–Trinajstić information content (AvgIpc) is 3.40. The Morgan fingerprint density at radius 2 is 2.22 bits per heavy atom. The number of nitrogens with one attached hydrogen (secondary N) is 3. The molecule has 1 aromatic carbocycles. The van der Waals surface area contributed by atoms with Gasteiger partial charge in [-0.15, -0.1) is 6.58 Å². The largest absolute Gasteiger partial charge is 0.345 e. The van der Waals surface area contributed by atoms with Gasteiger partial charge in [0.15, 0.2) is 10.6 Å². The highest BCUT2D eigenvalue weighted by Crippen LogP contribution is 2.35. The fourth-order valence-corrected chi connectivity index (χ4v) is 3.93. The van der Waals surface area contributed by atoms with Crippen LogP contribution in [-0.2, 0) is 16.6 Å². The summed E-state index contributed by atoms with van der Waals surface area (Å²) in [4.78, 5) is 11.8. The van der Waals surface area contributed by atoms with E-state index in [1.165, 1.54) is 12.1 Å². The molecule has 1 amide bonds. The zero-order chi connectivity index (χ0) is 19.6. The van der Waals surface area contributed by atoms with E-state index < -0.39 is 26.6 Å². The molecule has 0 atom stereocenters. The molecular formula is C16H18FN5O3S2. The third kappa shape index (κ3) is 4.31. The van der Waals surface area contributed by atoms with Crippen LogP contribution in [-0.4, -0.2) is 35.6 Å². The third-order valence-corrected chi connectivity index (χ3v) is 5.72. The standard InChI is InChI=1S/C16H18FN5O3S2/c1-2-7-19-27(24,25)13-8-10(3-6-12(13)17)15(23)18-9-14-20-21-16(26)22(14)11-4-5-11/h2-3,6,8,11,19H,1,4-5,7,9H2,(H,18,23)(H,21,26). The predicted molar refractivity (Wildman–Crippen MR) is 98.6 cm³/mol. The van der Waals surface area contributed by atoms with Crippen LogP contribution in [0.4, 0.5) is 4.39 Å². The minimum absolute atomic E-state index is 0.0162. The molecule has 1 heterocycles. The molecule has 1 aliphatic rings. The molecule has 144 valence electrons. The molecule has 0 bridgehead atoms. The van der Waals surface area contributed by atoms with Crippen molar-refractivity contribution in [2.45, 2.75) is 30.3 Å². The molecule has 2 aromatic rings. The normalized spacial score (nSPS) is 14.1. The lowest BCUT2D eigenvalue weighted by atomic mass is 10.2. The summed E-state index contributed by atoms with van der Waals surface area (Å²) in [5.74, 6) is -0.914. The highest BCUT2D eigenvalue weighted by Gasteiger charge is 2.27. The van der Waals surface area contributed by atoms with Crippen molar-refractivity contribution in [2.75, 3.05) is 6.54 Å². The minimum atomic E-state index is -4.09. The van der Waals surface area contributed by atoms with E-state index in [1.54, 1.807) is 0 Å². The molecule has 0 unspecified atom stereocenters. The lowest BCUT2D eigenvalue weighted by Crippen LogP contribution is -2.27. The van der Waals surface area contributed by atoms with Crippen LogP contribution in [0.15, 0.2) is 35.7 Å². The van der Waals surface area contributed by atoms with E-state index in [4.69, 9.17) is 12.2 Å². The van der Waals surface area contributed by atoms with Gasteiger partial charge in [0, 0.05) is 18.2 Å². The number of aromatic amines is 1. The third-order valence-electron chi connectivity index (χ3n) is 4.00. The molecule has 3 N–H and O–H groups in total. The zero-order valence-electron chi connectivity index (χ0n) is 14.2. The van der Waals surface area contributed by atoms with Crippen molar-refractivity contribution < 1.29 is 17.6 Å². The van der Waals surface area contributed by atoms with Crippen LogP contribution >= 0.6 is 12.2 Å². The molecule has 1 saturated carbocycles. The maximum Gasteiger partial charge on any atom is 0.251 e. The lowest BCUT2D eigenvalue weighted by molar-refractivity contribution is 0.0949. The first kappa shape index (κ1) is 19.4. The Balaban J connectivity index is 1.76. The summed E-state index contributed by atoms with van der Waals surface area (Å²) >= 11 is 5.18. The van der Waals surface area contributed by atoms with Crippen molar-refractivity contribution in [2.24, 2.45) is 0 Å². The Labute approximate surface area is 160 Å². The number of H-pyrrole nitrogens is 1. The van der Waals surface area contributed by atoms with Gasteiger partial charge < -0.3 is 5.32 Å². The number of hydrogen-bond donors (Lipinski definition) is 3. The number of sulfonamides is 1. The number of rotatable bonds is 8. The van der Waals surface area contributed by atoms with Gasteiger partial charge in [-0.05, 0) is 43.3 Å². The minimum Gasteiger partial charge on any atom is -0.345 e. The Morgan fingerprint density at radius 3 is 2.89 bits per heavy atom. The number of benzene rings is 1. The number of amides is 1.